The molecule has 0 spiro atoms. The Morgan fingerprint density at radius 3 is 1.80 bits per heavy atom. The van der Waals surface area contributed by atoms with Crippen LogP contribution < -0.4 is 0 Å². The molecule has 0 aromatic heterocycles. The van der Waals surface area contributed by atoms with Crippen molar-refractivity contribution in [1.82, 2.24) is 0 Å². The minimum atomic E-state index is -1.08. The van der Waals surface area contributed by atoms with E-state index < -0.39 is 17.9 Å². The molecule has 10 heteroatoms. The van der Waals surface area contributed by atoms with E-state index in [0.29, 0.717) is 0 Å². The van der Waals surface area contributed by atoms with Crippen LogP contribution >= 0.6 is 0 Å². The van der Waals surface area contributed by atoms with Crippen LogP contribution in [0.3, 0.4) is 0 Å². The van der Waals surface area contributed by atoms with Gasteiger partial charge in [0, 0.05) is 28.8 Å². The molecule has 0 unspecified atom stereocenters. The maximum absolute atomic E-state index is 10.9. The zero-order valence-electron chi connectivity index (χ0n) is 10.2. The maximum atomic E-state index is 10.9. The summed E-state index contributed by atoms with van der Waals surface area (Å²) in [4.78, 5) is 41.6. The van der Waals surface area contributed by atoms with Gasteiger partial charge in [-0.1, -0.05) is 0 Å². The number of carboxylic acid groups (broad SMARTS) is 1. The Labute approximate surface area is 143 Å². The number of carbonyl (C=O) groups excluding carboxylic acids is 3. The van der Waals surface area contributed by atoms with Gasteiger partial charge in [-0.05, 0) is 0 Å². The molecule has 0 aliphatic rings. The molecule has 0 aliphatic heterocycles. The predicted octanol–water partition coefficient (Wildman–Crippen LogP) is -0.296. The third kappa shape index (κ3) is 19.7. The Bertz CT molecular complexity index is 308. The van der Waals surface area contributed by atoms with Crippen LogP contribution in [0, 0.1) is 0 Å². The number of ether oxygens (including phenoxy) is 2. The van der Waals surface area contributed by atoms with Crippen LogP contribution in [0.1, 0.15) is 25.7 Å². The Kier molecular flexibility index (Phi) is 22.4. The van der Waals surface area contributed by atoms with E-state index in [9.17, 15) is 19.2 Å². The van der Waals surface area contributed by atoms with Crippen molar-refractivity contribution < 1.29 is 80.4 Å². The fourth-order valence-corrected chi connectivity index (χ4v) is 0.817. The van der Waals surface area contributed by atoms with Gasteiger partial charge in [-0.15, -0.1) is 6.42 Å². The Morgan fingerprint density at radius 1 is 0.950 bits per heavy atom. The van der Waals surface area contributed by atoms with E-state index in [1.807, 2.05) is 0 Å². The zero-order chi connectivity index (χ0) is 15.1. The Morgan fingerprint density at radius 2 is 1.40 bits per heavy atom. The summed E-state index contributed by atoms with van der Waals surface area (Å²) in [6.07, 6.45) is 0.936. The molecule has 0 aromatic rings. The summed E-state index contributed by atoms with van der Waals surface area (Å²) < 4.78 is 17.3. The summed E-state index contributed by atoms with van der Waals surface area (Å²) in [6.45, 7) is -0.245. The molecule has 0 bridgehead atoms. The third-order valence-electron chi connectivity index (χ3n) is 1.58. The number of carbonyl (C=O) groups is 3. The molecule has 0 amide bonds. The van der Waals surface area contributed by atoms with E-state index in [2.05, 4.69) is 9.47 Å². The van der Waals surface area contributed by atoms with Crippen molar-refractivity contribution in [3.8, 4) is 0 Å². The summed E-state index contributed by atoms with van der Waals surface area (Å²) in [5, 5.41) is 8.28. The van der Waals surface area contributed by atoms with Gasteiger partial charge in [-0.3, -0.25) is 20.7 Å². The summed E-state index contributed by atoms with van der Waals surface area (Å²) >= 11 is 1.70. The van der Waals surface area contributed by atoms with Crippen molar-refractivity contribution >= 4 is 24.2 Å². The van der Waals surface area contributed by atoms with Gasteiger partial charge in [0.15, 0.2) is 0 Å². The summed E-state index contributed by atoms with van der Waals surface area (Å²) in [6, 6.07) is 0. The standard InChI is InChI=1S/C10H13O7.2Ag.O/c11-5-1-2-9(14)16-6-7-17-10(15)4-3-8(12)13;;;/h1-4,6-7H2,(H,12,13);;;/q-1;;;. The van der Waals surface area contributed by atoms with Crippen LogP contribution in [0.5, 0.6) is 0 Å². The Balaban J connectivity index is -0.000000916. The average Bonchev–Trinajstić information content (AvgIpc) is 2.41. The fourth-order valence-electron chi connectivity index (χ4n) is 0.817. The van der Waals surface area contributed by atoms with Crippen molar-refractivity contribution in [2.75, 3.05) is 13.2 Å². The number of carboxylic acids is 1. The average molecular weight is 477 g/mol. The van der Waals surface area contributed by atoms with E-state index in [4.69, 9.17) is 8.36 Å². The molecule has 1 radical (unpaired) electrons. The van der Waals surface area contributed by atoms with Crippen molar-refractivity contribution in [3.63, 3.8) is 0 Å². The molecule has 0 aromatic carbocycles. The quantitative estimate of drug-likeness (QED) is 0.208. The van der Waals surface area contributed by atoms with E-state index >= 15 is 0 Å². The second-order valence-corrected chi connectivity index (χ2v) is 2.98. The first-order valence-corrected chi connectivity index (χ1v) is 5.67. The van der Waals surface area contributed by atoms with E-state index in [0.717, 1.165) is 0 Å². The molecule has 0 saturated heterocycles. The van der Waals surface area contributed by atoms with Gasteiger partial charge < -0.3 is 19.4 Å². The molecule has 0 heterocycles. The van der Waals surface area contributed by atoms with Gasteiger partial charge in [0.25, 0.3) is 0 Å². The SMILES string of the molecule is O=[C-]CCC(=O)OCCOC(=O)CCC(=O)O.[Ag].[O]=[Ag]. The normalized spacial score (nSPS) is 8.30. The molecule has 124 valence electrons. The second-order valence-electron chi connectivity index (χ2n) is 2.98. The molecule has 0 aliphatic carbocycles. The molecule has 0 rings (SSSR count). The number of rotatable bonds is 9. The van der Waals surface area contributed by atoms with Gasteiger partial charge in [0.05, 0.1) is 12.8 Å². The van der Waals surface area contributed by atoms with Crippen molar-refractivity contribution in [1.29, 1.82) is 0 Å². The topological polar surface area (TPSA) is 124 Å². The van der Waals surface area contributed by atoms with Crippen LogP contribution in [0.25, 0.3) is 0 Å². The number of hydrogen-bond acceptors (Lipinski definition) is 7. The number of esters is 2. The Hall–Kier alpha value is -0.639. The monoisotopic (exact) mass is 475 g/mol. The van der Waals surface area contributed by atoms with Crippen LogP contribution in [0.15, 0.2) is 0 Å². The number of aliphatic carboxylic acids is 1. The van der Waals surface area contributed by atoms with E-state index in [-0.39, 0.29) is 61.3 Å². The summed E-state index contributed by atoms with van der Waals surface area (Å²) in [5.41, 5.74) is 0. The number of hydrogen-bond donors (Lipinski definition) is 1. The van der Waals surface area contributed by atoms with Crippen LogP contribution in [-0.4, -0.2) is 42.5 Å². The molecule has 20 heavy (non-hydrogen) atoms. The van der Waals surface area contributed by atoms with Crippen LogP contribution in [0.2, 0.25) is 0 Å². The molecule has 0 atom stereocenters. The molecule has 1 N–H and O–H groups in total. The summed E-state index contributed by atoms with van der Waals surface area (Å²) in [7, 11) is 0. The first-order valence-electron chi connectivity index (χ1n) is 5.06. The molecule has 0 fully saturated rings. The molecular weight excluding hydrogens is 464 g/mol. The fraction of sp³-hybridized carbons (Fsp3) is 0.600. The van der Waals surface area contributed by atoms with Crippen molar-refractivity contribution in [2.45, 2.75) is 25.7 Å². The van der Waals surface area contributed by atoms with Crippen LogP contribution in [-0.2, 0) is 75.3 Å². The third-order valence-corrected chi connectivity index (χ3v) is 1.58. The minimum absolute atomic E-state index is 0. The first-order chi connectivity index (χ1) is 9.06. The predicted molar refractivity (Wildman–Crippen MR) is 54.4 cm³/mol. The van der Waals surface area contributed by atoms with E-state index in [1.165, 1.54) is 0 Å². The molecular formula is C10H13Ag2O8-. The molecule has 0 saturated carbocycles. The zero-order valence-corrected chi connectivity index (χ0v) is 13.1. The van der Waals surface area contributed by atoms with Crippen LogP contribution in [0.4, 0.5) is 0 Å². The van der Waals surface area contributed by atoms with Crippen molar-refractivity contribution in [2.24, 2.45) is 0 Å². The molecule has 8 nitrogen and oxygen atoms in total. The van der Waals surface area contributed by atoms with Crippen molar-refractivity contribution in [3.05, 3.63) is 0 Å². The van der Waals surface area contributed by atoms with Gasteiger partial charge in [0.2, 0.25) is 0 Å². The van der Waals surface area contributed by atoms with E-state index in [1.54, 1.807) is 27.3 Å². The summed E-state index contributed by atoms with van der Waals surface area (Å²) in [5.74, 6) is -2.32. The van der Waals surface area contributed by atoms with Gasteiger partial charge in [-0.25, -0.2) is 0 Å². The van der Waals surface area contributed by atoms with Gasteiger partial charge in [0.1, 0.15) is 13.2 Å². The van der Waals surface area contributed by atoms with Gasteiger partial charge >= 0.3 is 42.2 Å². The first kappa shape index (κ1) is 24.4. The van der Waals surface area contributed by atoms with Gasteiger partial charge in [-0.2, -0.15) is 0 Å². The second kappa shape index (κ2) is 18.4.